The first-order chi connectivity index (χ1) is 15.7. The Hall–Kier alpha value is -3.40. The van der Waals surface area contributed by atoms with Crippen molar-refractivity contribution >= 4 is 11.8 Å². The van der Waals surface area contributed by atoms with Crippen LogP contribution in [0.5, 0.6) is 0 Å². The molecule has 4 rings (SSSR count). The first kappa shape index (κ1) is 21.8. The normalized spacial score (nSPS) is 18.2. The lowest BCUT2D eigenvalue weighted by Gasteiger charge is -2.37. The number of amides is 2. The molecule has 1 aliphatic rings. The Kier molecular flexibility index (Phi) is 7.34. The number of piperidine rings is 1. The zero-order chi connectivity index (χ0) is 22.2. The van der Waals surface area contributed by atoms with Crippen LogP contribution in [0.3, 0.4) is 0 Å². The third-order valence-electron chi connectivity index (χ3n) is 6.20. The largest absolute Gasteiger partial charge is 0.355 e. The molecular formula is C28H30N2O2. The molecule has 0 saturated carbocycles. The van der Waals surface area contributed by atoms with Gasteiger partial charge in [0.05, 0.1) is 12.3 Å². The predicted molar refractivity (Wildman–Crippen MR) is 127 cm³/mol. The molecule has 3 aromatic carbocycles. The van der Waals surface area contributed by atoms with E-state index in [-0.39, 0.29) is 23.7 Å². The fourth-order valence-electron chi connectivity index (χ4n) is 4.46. The van der Waals surface area contributed by atoms with Crippen molar-refractivity contribution in [1.29, 1.82) is 0 Å². The molecule has 0 radical (unpaired) electrons. The van der Waals surface area contributed by atoms with Crippen LogP contribution in [0.2, 0.25) is 0 Å². The quantitative estimate of drug-likeness (QED) is 0.615. The Morgan fingerprint density at radius 1 is 0.781 bits per heavy atom. The first-order valence-electron chi connectivity index (χ1n) is 11.4. The predicted octanol–water partition coefficient (Wildman–Crippen LogP) is 4.22. The number of rotatable bonds is 7. The summed E-state index contributed by atoms with van der Waals surface area (Å²) in [5, 5.41) is 3.11. The number of nitrogens with zero attached hydrogens (tertiary/aromatic N) is 1. The van der Waals surface area contributed by atoms with Crippen molar-refractivity contribution in [1.82, 2.24) is 10.2 Å². The molecule has 2 amide bonds. The highest BCUT2D eigenvalue weighted by atomic mass is 16.2. The molecule has 4 heteroatoms. The van der Waals surface area contributed by atoms with Crippen LogP contribution >= 0.6 is 0 Å². The van der Waals surface area contributed by atoms with Gasteiger partial charge in [0.1, 0.15) is 0 Å². The van der Waals surface area contributed by atoms with E-state index < -0.39 is 0 Å². The molecule has 0 aliphatic carbocycles. The molecule has 0 bridgehead atoms. The molecule has 2 atom stereocenters. The second-order valence-corrected chi connectivity index (χ2v) is 8.53. The van der Waals surface area contributed by atoms with Gasteiger partial charge in [0.15, 0.2) is 0 Å². The van der Waals surface area contributed by atoms with E-state index in [1.54, 1.807) is 0 Å². The number of nitrogens with one attached hydrogen (secondary N) is 1. The number of likely N-dealkylation sites (tertiary alicyclic amines) is 1. The van der Waals surface area contributed by atoms with Gasteiger partial charge in [0, 0.05) is 25.6 Å². The number of benzene rings is 3. The van der Waals surface area contributed by atoms with E-state index in [4.69, 9.17) is 0 Å². The Morgan fingerprint density at radius 2 is 1.38 bits per heavy atom. The summed E-state index contributed by atoms with van der Waals surface area (Å²) in [4.78, 5) is 28.0. The Balaban J connectivity index is 1.43. The second-order valence-electron chi connectivity index (χ2n) is 8.53. The summed E-state index contributed by atoms with van der Waals surface area (Å²) >= 11 is 0. The van der Waals surface area contributed by atoms with E-state index >= 15 is 0 Å². The molecule has 32 heavy (non-hydrogen) atoms. The van der Waals surface area contributed by atoms with E-state index in [2.05, 4.69) is 29.6 Å². The highest BCUT2D eigenvalue weighted by molar-refractivity contribution is 5.82. The average molecular weight is 427 g/mol. The number of carbonyl (C=O) groups is 2. The SMILES string of the molecule is O=C(NCCc1ccccc1)C1CC(c2ccccc2)CN(C(=O)Cc2ccccc2)C1. The fourth-order valence-corrected chi connectivity index (χ4v) is 4.46. The lowest BCUT2D eigenvalue weighted by Crippen LogP contribution is -2.48. The van der Waals surface area contributed by atoms with Crippen LogP contribution in [0.15, 0.2) is 91.0 Å². The van der Waals surface area contributed by atoms with Crippen molar-refractivity contribution in [2.45, 2.75) is 25.2 Å². The molecule has 2 unspecified atom stereocenters. The van der Waals surface area contributed by atoms with Gasteiger partial charge in [-0.3, -0.25) is 9.59 Å². The zero-order valence-corrected chi connectivity index (χ0v) is 18.3. The van der Waals surface area contributed by atoms with Crippen LogP contribution in [0.4, 0.5) is 0 Å². The molecule has 1 heterocycles. The van der Waals surface area contributed by atoms with Crippen LogP contribution in [0, 0.1) is 5.92 Å². The molecule has 4 nitrogen and oxygen atoms in total. The summed E-state index contributed by atoms with van der Waals surface area (Å²) in [6.45, 7) is 1.74. The Morgan fingerprint density at radius 3 is 2.03 bits per heavy atom. The summed E-state index contributed by atoms with van der Waals surface area (Å²) in [5.41, 5.74) is 3.40. The van der Waals surface area contributed by atoms with E-state index in [1.165, 1.54) is 11.1 Å². The maximum atomic E-state index is 13.1. The first-order valence-corrected chi connectivity index (χ1v) is 11.4. The molecule has 0 spiro atoms. The molecular weight excluding hydrogens is 396 g/mol. The van der Waals surface area contributed by atoms with Crippen LogP contribution < -0.4 is 5.32 Å². The highest BCUT2D eigenvalue weighted by Gasteiger charge is 2.34. The van der Waals surface area contributed by atoms with Crippen molar-refractivity contribution in [3.63, 3.8) is 0 Å². The van der Waals surface area contributed by atoms with Crippen molar-refractivity contribution in [3.05, 3.63) is 108 Å². The smallest absolute Gasteiger partial charge is 0.227 e. The summed E-state index contributed by atoms with van der Waals surface area (Å²) in [6, 6.07) is 30.2. The maximum absolute atomic E-state index is 13.1. The Bertz CT molecular complexity index is 1010. The summed E-state index contributed by atoms with van der Waals surface area (Å²) in [6.07, 6.45) is 1.93. The average Bonchev–Trinajstić information content (AvgIpc) is 2.85. The highest BCUT2D eigenvalue weighted by Crippen LogP contribution is 2.31. The minimum absolute atomic E-state index is 0.0408. The van der Waals surface area contributed by atoms with Crippen LogP contribution in [0.25, 0.3) is 0 Å². The van der Waals surface area contributed by atoms with Crippen LogP contribution in [0.1, 0.15) is 29.0 Å². The lowest BCUT2D eigenvalue weighted by molar-refractivity contribution is -0.135. The van der Waals surface area contributed by atoms with Gasteiger partial charge in [-0.15, -0.1) is 0 Å². The second kappa shape index (κ2) is 10.8. The van der Waals surface area contributed by atoms with E-state index in [9.17, 15) is 9.59 Å². The van der Waals surface area contributed by atoms with Crippen molar-refractivity contribution in [2.24, 2.45) is 5.92 Å². The summed E-state index contributed by atoms with van der Waals surface area (Å²) in [5.74, 6) is 0.0805. The standard InChI is InChI=1S/C28H30N2O2/c31-27(18-23-12-6-2-7-13-23)30-20-25(24-14-8-3-9-15-24)19-26(21-30)28(32)29-17-16-22-10-4-1-5-11-22/h1-15,25-26H,16-21H2,(H,29,32). The van der Waals surface area contributed by atoms with Crippen molar-refractivity contribution in [3.8, 4) is 0 Å². The van der Waals surface area contributed by atoms with E-state index in [0.29, 0.717) is 26.1 Å². The molecule has 0 aromatic heterocycles. The molecule has 1 fully saturated rings. The van der Waals surface area contributed by atoms with Gasteiger partial charge in [-0.25, -0.2) is 0 Å². The minimum Gasteiger partial charge on any atom is -0.355 e. The van der Waals surface area contributed by atoms with Gasteiger partial charge >= 0.3 is 0 Å². The Labute approximate surface area is 190 Å². The van der Waals surface area contributed by atoms with Gasteiger partial charge in [0.2, 0.25) is 11.8 Å². The van der Waals surface area contributed by atoms with Gasteiger partial charge in [-0.2, -0.15) is 0 Å². The van der Waals surface area contributed by atoms with Gasteiger partial charge in [0.25, 0.3) is 0 Å². The van der Waals surface area contributed by atoms with Crippen LogP contribution in [-0.2, 0) is 22.4 Å². The topological polar surface area (TPSA) is 49.4 Å². The number of hydrogen-bond donors (Lipinski definition) is 1. The minimum atomic E-state index is -0.204. The molecule has 1 aliphatic heterocycles. The lowest BCUT2D eigenvalue weighted by atomic mass is 9.83. The fraction of sp³-hybridized carbons (Fsp3) is 0.286. The summed E-state index contributed by atoms with van der Waals surface area (Å²) in [7, 11) is 0. The third kappa shape index (κ3) is 5.85. The molecule has 1 saturated heterocycles. The maximum Gasteiger partial charge on any atom is 0.227 e. The monoisotopic (exact) mass is 426 g/mol. The molecule has 1 N–H and O–H groups in total. The zero-order valence-electron chi connectivity index (χ0n) is 18.3. The number of hydrogen-bond acceptors (Lipinski definition) is 2. The van der Waals surface area contributed by atoms with E-state index in [0.717, 1.165) is 18.4 Å². The molecule has 164 valence electrons. The summed E-state index contributed by atoms with van der Waals surface area (Å²) < 4.78 is 0. The number of carbonyl (C=O) groups excluding carboxylic acids is 2. The van der Waals surface area contributed by atoms with Crippen LogP contribution in [-0.4, -0.2) is 36.3 Å². The van der Waals surface area contributed by atoms with E-state index in [1.807, 2.05) is 71.6 Å². The van der Waals surface area contributed by atoms with Crippen molar-refractivity contribution in [2.75, 3.05) is 19.6 Å². The van der Waals surface area contributed by atoms with Gasteiger partial charge < -0.3 is 10.2 Å². The third-order valence-corrected chi connectivity index (χ3v) is 6.20. The van der Waals surface area contributed by atoms with Crippen molar-refractivity contribution < 1.29 is 9.59 Å². The van der Waals surface area contributed by atoms with Gasteiger partial charge in [-0.05, 0) is 29.5 Å². The van der Waals surface area contributed by atoms with Gasteiger partial charge in [-0.1, -0.05) is 91.0 Å². The molecule has 3 aromatic rings.